The van der Waals surface area contributed by atoms with Gasteiger partial charge in [0.25, 0.3) is 5.91 Å². The zero-order chi connectivity index (χ0) is 12.3. The molecule has 6 nitrogen and oxygen atoms in total. The van der Waals surface area contributed by atoms with Crippen molar-refractivity contribution in [3.05, 3.63) is 5.01 Å². The van der Waals surface area contributed by atoms with Gasteiger partial charge in [-0.05, 0) is 0 Å². The second-order valence-electron chi connectivity index (χ2n) is 4.15. The van der Waals surface area contributed by atoms with Gasteiger partial charge in [0.2, 0.25) is 5.13 Å². The second kappa shape index (κ2) is 5.52. The molecule has 1 saturated heterocycles. The summed E-state index contributed by atoms with van der Waals surface area (Å²) in [7, 11) is 0. The van der Waals surface area contributed by atoms with E-state index in [0.29, 0.717) is 24.2 Å². The first-order valence-electron chi connectivity index (χ1n) is 5.63. The van der Waals surface area contributed by atoms with Gasteiger partial charge >= 0.3 is 0 Å². The van der Waals surface area contributed by atoms with E-state index in [1.807, 2.05) is 13.8 Å². The highest BCUT2D eigenvalue weighted by Crippen LogP contribution is 2.22. The molecular weight excluding hydrogens is 240 g/mol. The molecule has 0 aliphatic carbocycles. The molecule has 0 aromatic carbocycles. The summed E-state index contributed by atoms with van der Waals surface area (Å²) in [5, 5.41) is 15.2. The molecule has 1 fully saturated rings. The van der Waals surface area contributed by atoms with E-state index in [0.717, 1.165) is 11.6 Å². The molecule has 17 heavy (non-hydrogen) atoms. The summed E-state index contributed by atoms with van der Waals surface area (Å²) in [6.07, 6.45) is -0.435. The minimum Gasteiger partial charge on any atom is -0.366 e. The topological polar surface area (TPSA) is 76.1 Å². The van der Waals surface area contributed by atoms with Gasteiger partial charge in [0.05, 0.1) is 6.61 Å². The van der Waals surface area contributed by atoms with Gasteiger partial charge in [-0.3, -0.25) is 10.1 Å². The molecule has 0 spiro atoms. The fourth-order valence-corrected chi connectivity index (χ4v) is 2.19. The van der Waals surface area contributed by atoms with Gasteiger partial charge < -0.3 is 10.1 Å². The van der Waals surface area contributed by atoms with E-state index in [4.69, 9.17) is 4.74 Å². The molecule has 94 valence electrons. The Labute approximate surface area is 104 Å². The minimum atomic E-state index is -0.435. The summed E-state index contributed by atoms with van der Waals surface area (Å²) in [6.45, 7) is 5.98. The average molecular weight is 256 g/mol. The Kier molecular flexibility index (Phi) is 4.03. The Hall–Kier alpha value is -1.05. The Bertz CT molecular complexity index is 387. The Morgan fingerprint density at radius 2 is 2.41 bits per heavy atom. The van der Waals surface area contributed by atoms with E-state index < -0.39 is 6.10 Å². The van der Waals surface area contributed by atoms with Crippen molar-refractivity contribution >= 4 is 22.4 Å². The number of morpholine rings is 1. The number of anilines is 1. The molecule has 7 heteroatoms. The van der Waals surface area contributed by atoms with Crippen LogP contribution in [-0.4, -0.2) is 41.9 Å². The molecule has 1 aliphatic heterocycles. The quantitative estimate of drug-likeness (QED) is 0.827. The Balaban J connectivity index is 1.92. The summed E-state index contributed by atoms with van der Waals surface area (Å²) in [6, 6.07) is 0. The monoisotopic (exact) mass is 256 g/mol. The summed E-state index contributed by atoms with van der Waals surface area (Å²) in [5.74, 6) is 0.161. The predicted molar refractivity (Wildman–Crippen MR) is 65.2 cm³/mol. The fraction of sp³-hybridized carbons (Fsp3) is 0.700. The molecule has 0 saturated carbocycles. The molecule has 2 rings (SSSR count). The van der Waals surface area contributed by atoms with Gasteiger partial charge in [0.15, 0.2) is 0 Å². The summed E-state index contributed by atoms with van der Waals surface area (Å²) in [5.41, 5.74) is 0. The van der Waals surface area contributed by atoms with Crippen molar-refractivity contribution < 1.29 is 9.53 Å². The van der Waals surface area contributed by atoms with Crippen molar-refractivity contribution in [3.63, 3.8) is 0 Å². The van der Waals surface area contributed by atoms with Gasteiger partial charge in [0, 0.05) is 19.0 Å². The average Bonchev–Trinajstić information content (AvgIpc) is 2.79. The normalized spacial score (nSPS) is 20.5. The van der Waals surface area contributed by atoms with Gasteiger partial charge in [-0.15, -0.1) is 10.2 Å². The van der Waals surface area contributed by atoms with Gasteiger partial charge in [-0.2, -0.15) is 0 Å². The van der Waals surface area contributed by atoms with Crippen LogP contribution in [0.4, 0.5) is 5.13 Å². The standard InChI is InChI=1S/C10H16N4O2S/c1-6(2)9-13-14-10(17-9)12-8(15)7-5-11-3-4-16-7/h6-7,11H,3-5H2,1-2H3,(H,12,14,15). The third-order valence-corrected chi connectivity index (χ3v) is 3.52. The molecule has 1 amide bonds. The molecule has 0 bridgehead atoms. The SMILES string of the molecule is CC(C)c1nnc(NC(=O)C2CNCCO2)s1. The first kappa shape index (κ1) is 12.4. The number of amides is 1. The van der Waals surface area contributed by atoms with Crippen LogP contribution in [0.15, 0.2) is 0 Å². The van der Waals surface area contributed by atoms with Gasteiger partial charge in [0.1, 0.15) is 11.1 Å². The van der Waals surface area contributed by atoms with Crippen molar-refractivity contribution in [2.24, 2.45) is 0 Å². The molecule has 2 heterocycles. The lowest BCUT2D eigenvalue weighted by Gasteiger charge is -2.21. The molecular formula is C10H16N4O2S. The zero-order valence-electron chi connectivity index (χ0n) is 9.90. The van der Waals surface area contributed by atoms with Crippen molar-refractivity contribution in [2.75, 3.05) is 25.0 Å². The zero-order valence-corrected chi connectivity index (χ0v) is 10.7. The summed E-state index contributed by atoms with van der Waals surface area (Å²) >= 11 is 1.40. The Morgan fingerprint density at radius 3 is 3.00 bits per heavy atom. The van der Waals surface area contributed by atoms with E-state index in [2.05, 4.69) is 20.8 Å². The van der Waals surface area contributed by atoms with Crippen molar-refractivity contribution in [1.29, 1.82) is 0 Å². The van der Waals surface area contributed by atoms with Crippen LogP contribution in [0.5, 0.6) is 0 Å². The lowest BCUT2D eigenvalue weighted by atomic mass is 10.2. The highest BCUT2D eigenvalue weighted by atomic mass is 32.1. The van der Waals surface area contributed by atoms with Crippen LogP contribution in [0, 0.1) is 0 Å². The smallest absolute Gasteiger partial charge is 0.256 e. The Morgan fingerprint density at radius 1 is 1.59 bits per heavy atom. The fourth-order valence-electron chi connectivity index (χ4n) is 1.44. The second-order valence-corrected chi connectivity index (χ2v) is 5.16. The largest absolute Gasteiger partial charge is 0.366 e. The van der Waals surface area contributed by atoms with Crippen LogP contribution >= 0.6 is 11.3 Å². The van der Waals surface area contributed by atoms with E-state index in [1.54, 1.807) is 0 Å². The molecule has 0 radical (unpaired) electrons. The number of hydrogen-bond donors (Lipinski definition) is 2. The van der Waals surface area contributed by atoms with Crippen molar-refractivity contribution in [2.45, 2.75) is 25.9 Å². The molecule has 2 N–H and O–H groups in total. The number of aromatic nitrogens is 2. The van der Waals surface area contributed by atoms with Crippen LogP contribution in [0.1, 0.15) is 24.8 Å². The number of nitrogens with zero attached hydrogens (tertiary/aromatic N) is 2. The van der Waals surface area contributed by atoms with E-state index >= 15 is 0 Å². The maximum atomic E-state index is 11.8. The molecule has 1 aromatic rings. The van der Waals surface area contributed by atoms with Gasteiger partial charge in [-0.1, -0.05) is 25.2 Å². The summed E-state index contributed by atoms with van der Waals surface area (Å²) < 4.78 is 5.35. The van der Waals surface area contributed by atoms with Crippen LogP contribution in [0.2, 0.25) is 0 Å². The first-order valence-corrected chi connectivity index (χ1v) is 6.45. The number of nitrogens with one attached hydrogen (secondary N) is 2. The lowest BCUT2D eigenvalue weighted by molar-refractivity contribution is -0.128. The number of rotatable bonds is 3. The minimum absolute atomic E-state index is 0.163. The van der Waals surface area contributed by atoms with Crippen molar-refractivity contribution in [1.82, 2.24) is 15.5 Å². The first-order chi connectivity index (χ1) is 8.16. The maximum absolute atomic E-state index is 11.8. The lowest BCUT2D eigenvalue weighted by Crippen LogP contribution is -2.45. The highest BCUT2D eigenvalue weighted by molar-refractivity contribution is 7.15. The van der Waals surface area contributed by atoms with Crippen LogP contribution in [-0.2, 0) is 9.53 Å². The molecule has 1 unspecified atom stereocenters. The molecule has 1 aromatic heterocycles. The van der Waals surface area contributed by atoms with Crippen LogP contribution in [0.25, 0.3) is 0 Å². The van der Waals surface area contributed by atoms with Crippen LogP contribution in [0.3, 0.4) is 0 Å². The third kappa shape index (κ3) is 3.21. The number of ether oxygens (including phenoxy) is 1. The number of carbonyl (C=O) groups excluding carboxylic acids is 1. The maximum Gasteiger partial charge on any atom is 0.256 e. The van der Waals surface area contributed by atoms with Crippen molar-refractivity contribution in [3.8, 4) is 0 Å². The third-order valence-electron chi connectivity index (χ3n) is 2.38. The van der Waals surface area contributed by atoms with E-state index in [1.165, 1.54) is 11.3 Å². The number of carbonyl (C=O) groups is 1. The van der Waals surface area contributed by atoms with Crippen LogP contribution < -0.4 is 10.6 Å². The molecule has 1 atom stereocenters. The molecule has 1 aliphatic rings. The van der Waals surface area contributed by atoms with E-state index in [-0.39, 0.29) is 5.91 Å². The van der Waals surface area contributed by atoms with Gasteiger partial charge in [-0.25, -0.2) is 0 Å². The summed E-state index contributed by atoms with van der Waals surface area (Å²) in [4.78, 5) is 11.8. The highest BCUT2D eigenvalue weighted by Gasteiger charge is 2.22. The predicted octanol–water partition coefficient (Wildman–Crippen LogP) is 0.588. The number of hydrogen-bond acceptors (Lipinski definition) is 6. The van der Waals surface area contributed by atoms with E-state index in [9.17, 15) is 4.79 Å².